The number of benzene rings is 1. The Kier molecular flexibility index (Phi) is 6.31. The molecule has 2 amide bonds. The maximum Gasteiger partial charge on any atom is 0.225 e. The van der Waals surface area contributed by atoms with Gasteiger partial charge < -0.3 is 15.8 Å². The number of rotatable bonds is 7. The molecule has 0 saturated carbocycles. The van der Waals surface area contributed by atoms with Crippen LogP contribution >= 0.6 is 0 Å². The van der Waals surface area contributed by atoms with E-state index in [1.165, 1.54) is 12.1 Å². The summed E-state index contributed by atoms with van der Waals surface area (Å²) >= 11 is 0. The highest BCUT2D eigenvalue weighted by Crippen LogP contribution is 2.29. The van der Waals surface area contributed by atoms with Crippen LogP contribution in [0.2, 0.25) is 0 Å². The predicted molar refractivity (Wildman–Crippen MR) is 88.6 cm³/mol. The third-order valence-electron chi connectivity index (χ3n) is 4.78. The molecular formula is C18H25FN2O3. The highest BCUT2D eigenvalue weighted by atomic mass is 19.1. The summed E-state index contributed by atoms with van der Waals surface area (Å²) in [6.07, 6.45) is 2.30. The van der Waals surface area contributed by atoms with Gasteiger partial charge in [-0.3, -0.25) is 9.59 Å². The van der Waals surface area contributed by atoms with Crippen molar-refractivity contribution < 1.29 is 18.7 Å². The molecule has 3 N–H and O–H groups in total. The molecule has 5 nitrogen and oxygen atoms in total. The summed E-state index contributed by atoms with van der Waals surface area (Å²) in [4.78, 5) is 24.1. The summed E-state index contributed by atoms with van der Waals surface area (Å²) in [6.45, 7) is 3.03. The fraction of sp³-hybridized carbons (Fsp3) is 0.556. The highest BCUT2D eigenvalue weighted by Gasteiger charge is 2.38. The van der Waals surface area contributed by atoms with Crippen LogP contribution in [0.5, 0.6) is 0 Å². The van der Waals surface area contributed by atoms with Gasteiger partial charge in [-0.15, -0.1) is 0 Å². The topological polar surface area (TPSA) is 81.4 Å². The largest absolute Gasteiger partial charge is 0.381 e. The molecule has 1 aromatic rings. The van der Waals surface area contributed by atoms with Crippen LogP contribution in [0.1, 0.15) is 31.7 Å². The van der Waals surface area contributed by atoms with Crippen molar-refractivity contribution in [3.8, 4) is 0 Å². The van der Waals surface area contributed by atoms with E-state index in [4.69, 9.17) is 10.5 Å². The van der Waals surface area contributed by atoms with E-state index in [2.05, 4.69) is 5.32 Å². The molecule has 1 fully saturated rings. The molecule has 0 aliphatic carbocycles. The van der Waals surface area contributed by atoms with Crippen LogP contribution in [0, 0.1) is 17.2 Å². The van der Waals surface area contributed by atoms with Crippen molar-refractivity contribution in [1.29, 1.82) is 0 Å². The first-order chi connectivity index (χ1) is 11.4. The van der Waals surface area contributed by atoms with Crippen molar-refractivity contribution in [1.82, 2.24) is 5.32 Å². The maximum absolute atomic E-state index is 13.2. The van der Waals surface area contributed by atoms with Crippen LogP contribution < -0.4 is 11.1 Å². The number of amides is 2. The van der Waals surface area contributed by atoms with Crippen molar-refractivity contribution >= 4 is 11.8 Å². The Bertz CT molecular complexity index is 585. The Morgan fingerprint density at radius 1 is 1.38 bits per heavy atom. The van der Waals surface area contributed by atoms with Gasteiger partial charge in [-0.25, -0.2) is 4.39 Å². The zero-order valence-corrected chi connectivity index (χ0v) is 14.0. The predicted octanol–water partition coefficient (Wildman–Crippen LogP) is 1.79. The van der Waals surface area contributed by atoms with Gasteiger partial charge >= 0.3 is 0 Å². The van der Waals surface area contributed by atoms with E-state index in [9.17, 15) is 14.0 Å². The van der Waals surface area contributed by atoms with Crippen molar-refractivity contribution in [2.24, 2.45) is 17.1 Å². The van der Waals surface area contributed by atoms with Crippen LogP contribution in [0.25, 0.3) is 0 Å². The Balaban J connectivity index is 1.83. The molecule has 0 spiro atoms. The van der Waals surface area contributed by atoms with E-state index in [1.807, 2.05) is 13.0 Å². The molecule has 1 heterocycles. The first kappa shape index (κ1) is 18.4. The van der Waals surface area contributed by atoms with Crippen molar-refractivity contribution in [2.45, 2.75) is 32.6 Å². The molecule has 1 saturated heterocycles. The molecule has 24 heavy (non-hydrogen) atoms. The fourth-order valence-electron chi connectivity index (χ4n) is 2.91. The van der Waals surface area contributed by atoms with Crippen LogP contribution in [-0.4, -0.2) is 31.6 Å². The van der Waals surface area contributed by atoms with E-state index in [0.29, 0.717) is 38.9 Å². The van der Waals surface area contributed by atoms with Crippen molar-refractivity contribution in [3.63, 3.8) is 0 Å². The average Bonchev–Trinajstić information content (AvgIpc) is 2.58. The molecule has 0 aromatic heterocycles. The number of nitrogens with one attached hydrogen (secondary N) is 1. The zero-order valence-electron chi connectivity index (χ0n) is 14.0. The quantitative estimate of drug-likeness (QED) is 0.796. The van der Waals surface area contributed by atoms with Gasteiger partial charge in [-0.1, -0.05) is 19.1 Å². The van der Waals surface area contributed by atoms with E-state index in [-0.39, 0.29) is 24.2 Å². The second kappa shape index (κ2) is 8.24. The number of carbonyl (C=O) groups is 2. The number of hydrogen-bond donors (Lipinski definition) is 2. The number of hydrogen-bond acceptors (Lipinski definition) is 3. The molecule has 2 rings (SSSR count). The lowest BCUT2D eigenvalue weighted by Gasteiger charge is -2.34. The van der Waals surface area contributed by atoms with Gasteiger partial charge in [0.05, 0.1) is 5.41 Å². The number of primary amides is 1. The Morgan fingerprint density at radius 3 is 2.71 bits per heavy atom. The fourth-order valence-corrected chi connectivity index (χ4v) is 2.91. The highest BCUT2D eigenvalue weighted by molar-refractivity contribution is 5.83. The first-order valence-electron chi connectivity index (χ1n) is 8.33. The minimum Gasteiger partial charge on any atom is -0.381 e. The van der Waals surface area contributed by atoms with Crippen LogP contribution in [0.3, 0.4) is 0 Å². The summed E-state index contributed by atoms with van der Waals surface area (Å²) in [5.41, 5.74) is 5.69. The molecule has 1 unspecified atom stereocenters. The van der Waals surface area contributed by atoms with Gasteiger partial charge in [-0.05, 0) is 43.4 Å². The summed E-state index contributed by atoms with van der Waals surface area (Å²) in [5.74, 6) is -0.998. The van der Waals surface area contributed by atoms with E-state index >= 15 is 0 Å². The monoisotopic (exact) mass is 336 g/mol. The van der Waals surface area contributed by atoms with Gasteiger partial charge in [-0.2, -0.15) is 0 Å². The van der Waals surface area contributed by atoms with Gasteiger partial charge in [0, 0.05) is 25.7 Å². The maximum atomic E-state index is 13.2. The lowest BCUT2D eigenvalue weighted by molar-refractivity contribution is -0.134. The molecule has 0 bridgehead atoms. The second-order valence-corrected chi connectivity index (χ2v) is 6.54. The van der Waals surface area contributed by atoms with Crippen LogP contribution in [0.15, 0.2) is 24.3 Å². The van der Waals surface area contributed by atoms with E-state index < -0.39 is 11.3 Å². The van der Waals surface area contributed by atoms with Gasteiger partial charge in [0.15, 0.2) is 0 Å². The smallest absolute Gasteiger partial charge is 0.225 e. The Morgan fingerprint density at radius 2 is 2.08 bits per heavy atom. The normalized spacial score (nSPS) is 17.9. The molecule has 1 aliphatic rings. The lowest BCUT2D eigenvalue weighted by Crippen LogP contribution is -2.50. The molecular weight excluding hydrogens is 311 g/mol. The Hall–Kier alpha value is -1.95. The van der Waals surface area contributed by atoms with Gasteiger partial charge in [0.2, 0.25) is 11.8 Å². The second-order valence-electron chi connectivity index (χ2n) is 6.54. The minimum absolute atomic E-state index is 0.112. The first-order valence-corrected chi connectivity index (χ1v) is 8.33. The summed E-state index contributed by atoms with van der Waals surface area (Å²) in [7, 11) is 0. The summed E-state index contributed by atoms with van der Waals surface area (Å²) in [5, 5.41) is 2.85. The number of ether oxygens (including phenoxy) is 1. The molecule has 1 aromatic carbocycles. The number of aryl methyl sites for hydroxylation is 1. The number of halogens is 1. The van der Waals surface area contributed by atoms with Crippen molar-refractivity contribution in [2.75, 3.05) is 19.8 Å². The SMILES string of the molecule is CC(CCc1cccc(F)c1)C(=O)NCC1(C(N)=O)CCOCC1. The third kappa shape index (κ3) is 4.77. The molecule has 0 radical (unpaired) electrons. The molecule has 1 atom stereocenters. The van der Waals surface area contributed by atoms with Crippen LogP contribution in [0.4, 0.5) is 4.39 Å². The number of carbonyl (C=O) groups excluding carboxylic acids is 2. The minimum atomic E-state index is -0.712. The standard InChI is InChI=1S/C18H25FN2O3/c1-13(5-6-14-3-2-4-15(19)11-14)16(22)21-12-18(17(20)23)7-9-24-10-8-18/h2-4,11,13H,5-10,12H2,1H3,(H2,20,23)(H,21,22). The third-order valence-corrected chi connectivity index (χ3v) is 4.78. The molecule has 1 aliphatic heterocycles. The zero-order chi connectivity index (χ0) is 17.6. The molecule has 132 valence electrons. The number of nitrogens with two attached hydrogens (primary N) is 1. The molecule has 6 heteroatoms. The summed E-state index contributed by atoms with van der Waals surface area (Å²) in [6, 6.07) is 6.39. The average molecular weight is 336 g/mol. The Labute approximate surface area is 141 Å². The lowest BCUT2D eigenvalue weighted by atomic mass is 9.79. The van der Waals surface area contributed by atoms with E-state index in [0.717, 1.165) is 5.56 Å². The van der Waals surface area contributed by atoms with E-state index in [1.54, 1.807) is 6.07 Å². The van der Waals surface area contributed by atoms with Gasteiger partial charge in [0.25, 0.3) is 0 Å². The van der Waals surface area contributed by atoms with Crippen LogP contribution in [-0.2, 0) is 20.7 Å². The van der Waals surface area contributed by atoms with Crippen molar-refractivity contribution in [3.05, 3.63) is 35.6 Å². The summed E-state index contributed by atoms with van der Waals surface area (Å²) < 4.78 is 18.4. The van der Waals surface area contributed by atoms with Gasteiger partial charge in [0.1, 0.15) is 5.82 Å².